The Labute approximate surface area is 259 Å². The number of benzene rings is 2. The molecule has 13 nitrogen and oxygen atoms in total. The number of primary amides is 1. The van der Waals surface area contributed by atoms with E-state index in [-0.39, 0.29) is 22.6 Å². The summed E-state index contributed by atoms with van der Waals surface area (Å²) in [6.07, 6.45) is -1.75. The molecule has 0 heterocycles. The minimum absolute atomic E-state index is 0.00519. The predicted molar refractivity (Wildman–Crippen MR) is 156 cm³/mol. The quantitative estimate of drug-likeness (QED) is 0.143. The number of aliphatic hydroxyl groups is 2. The first-order chi connectivity index (χ1) is 20.5. The molecule has 0 aromatic heterocycles. The molecule has 0 spiro atoms. The van der Waals surface area contributed by atoms with Crippen LogP contribution < -0.4 is 11.1 Å². The molecule has 2 saturated carbocycles. The zero-order valence-corrected chi connectivity index (χ0v) is 25.3. The van der Waals surface area contributed by atoms with Gasteiger partial charge in [-0.1, -0.05) is 41.1 Å². The fraction of sp³-hybridized carbons (Fsp3) is 0.400. The van der Waals surface area contributed by atoms with Crippen molar-refractivity contribution in [1.29, 1.82) is 0 Å². The number of nitrogens with zero attached hydrogens (tertiary/aromatic N) is 1. The molecule has 7 N–H and O–H groups in total. The number of anilines is 1. The molecule has 2 fully saturated rings. The third-order valence-corrected chi connectivity index (χ3v) is 10.1. The SMILES string of the molecule is CC1c2ccc(NC(=O)C(Br)c3ccc(O)cc3)c(O)c2C(=O)C2C(=O)[C@]3(O)C(=O)C(C(N)=O)C(=O)[C@@H](N(C)C)C3C(O)C21. The van der Waals surface area contributed by atoms with Crippen molar-refractivity contribution in [3.05, 3.63) is 53.1 Å². The molecule has 14 heteroatoms. The molecular weight excluding hydrogens is 642 g/mol. The van der Waals surface area contributed by atoms with E-state index in [1.165, 1.54) is 55.4 Å². The second kappa shape index (κ2) is 10.9. The van der Waals surface area contributed by atoms with E-state index in [0.717, 1.165) is 0 Å². The van der Waals surface area contributed by atoms with Crippen LogP contribution in [-0.4, -0.2) is 92.1 Å². The Bertz CT molecular complexity index is 1630. The number of aliphatic hydroxyl groups excluding tert-OH is 1. The lowest BCUT2D eigenvalue weighted by molar-refractivity contribution is -0.196. The Balaban J connectivity index is 1.57. The molecule has 3 aliphatic rings. The van der Waals surface area contributed by atoms with Crippen molar-refractivity contribution in [1.82, 2.24) is 4.90 Å². The summed E-state index contributed by atoms with van der Waals surface area (Å²) in [5, 5.41) is 46.6. The van der Waals surface area contributed by atoms with Crippen LogP contribution in [0.1, 0.15) is 39.2 Å². The van der Waals surface area contributed by atoms with E-state index in [4.69, 9.17) is 5.73 Å². The van der Waals surface area contributed by atoms with Crippen molar-refractivity contribution in [3.63, 3.8) is 0 Å². The Morgan fingerprint density at radius 2 is 1.64 bits per heavy atom. The number of nitrogens with two attached hydrogens (primary N) is 1. The van der Waals surface area contributed by atoms with Crippen LogP contribution in [-0.2, 0) is 24.0 Å². The summed E-state index contributed by atoms with van der Waals surface area (Å²) in [5.41, 5.74) is 2.43. The first kappa shape index (κ1) is 31.4. The van der Waals surface area contributed by atoms with Gasteiger partial charge in [-0.15, -0.1) is 0 Å². The molecule has 0 bridgehead atoms. The zero-order chi connectivity index (χ0) is 32.6. The summed E-state index contributed by atoms with van der Waals surface area (Å²) in [6, 6.07) is 7.13. The van der Waals surface area contributed by atoms with Crippen LogP contribution in [0.5, 0.6) is 11.5 Å². The van der Waals surface area contributed by atoms with Crippen molar-refractivity contribution in [2.24, 2.45) is 29.4 Å². The molecule has 3 aliphatic carbocycles. The van der Waals surface area contributed by atoms with E-state index in [2.05, 4.69) is 21.2 Å². The Morgan fingerprint density at radius 3 is 2.20 bits per heavy atom. The monoisotopic (exact) mass is 671 g/mol. The molecule has 5 rings (SSSR count). The number of carbonyl (C=O) groups excluding carboxylic acids is 6. The lowest BCUT2D eigenvalue weighted by Crippen LogP contribution is -2.77. The van der Waals surface area contributed by atoms with Gasteiger partial charge in [0.2, 0.25) is 11.8 Å². The number of carbonyl (C=O) groups is 6. The van der Waals surface area contributed by atoms with Gasteiger partial charge in [0.15, 0.2) is 34.7 Å². The number of rotatable bonds is 5. The summed E-state index contributed by atoms with van der Waals surface area (Å²) < 4.78 is 0. The molecule has 0 aliphatic heterocycles. The zero-order valence-electron chi connectivity index (χ0n) is 23.7. The lowest BCUT2D eigenvalue weighted by atomic mass is 9.49. The number of phenols is 2. The number of amides is 2. The standard InChI is InChI=1S/C30H30BrN3O10/c1-10-13-8-9-14(33-29(43)20(31)11-4-6-12(35)7-5-11)22(36)16(13)23(37)17-15(10)24(38)19-21(34(2)3)25(39)18(28(32)42)27(41)30(19,44)26(17)40/h4-10,15,17-21,24,35-36,38,44H,1-3H3,(H2,32,42)(H,33,43)/t10?,15?,17?,18?,19?,20?,21-,24?,30-/m0/s1. The number of nitrogens with one attached hydrogen (secondary N) is 1. The maximum atomic E-state index is 14.1. The van der Waals surface area contributed by atoms with E-state index < -0.39 is 92.9 Å². The molecule has 0 radical (unpaired) electrons. The average molecular weight is 672 g/mol. The first-order valence-corrected chi connectivity index (χ1v) is 14.6. The van der Waals surface area contributed by atoms with Crippen molar-refractivity contribution >= 4 is 56.6 Å². The van der Waals surface area contributed by atoms with Crippen LogP contribution in [0.25, 0.3) is 0 Å². The highest BCUT2D eigenvalue weighted by molar-refractivity contribution is 9.09. The number of hydrogen-bond acceptors (Lipinski definition) is 11. The Hall–Kier alpha value is -3.98. The van der Waals surface area contributed by atoms with Gasteiger partial charge in [0.1, 0.15) is 16.3 Å². The normalized spacial score (nSPS) is 32.0. The Kier molecular flexibility index (Phi) is 7.77. The van der Waals surface area contributed by atoms with Gasteiger partial charge in [-0.25, -0.2) is 0 Å². The van der Waals surface area contributed by atoms with E-state index in [0.29, 0.717) is 5.56 Å². The van der Waals surface area contributed by atoms with Gasteiger partial charge in [-0.05, 0) is 49.3 Å². The summed E-state index contributed by atoms with van der Waals surface area (Å²) in [7, 11) is 2.83. The van der Waals surface area contributed by atoms with Gasteiger partial charge >= 0.3 is 0 Å². The van der Waals surface area contributed by atoms with E-state index in [9.17, 15) is 49.2 Å². The number of Topliss-reactive ketones (excluding diaryl/α,β-unsaturated/α-hetero) is 4. The van der Waals surface area contributed by atoms with Crippen LogP contribution in [0.15, 0.2) is 36.4 Å². The van der Waals surface area contributed by atoms with E-state index >= 15 is 0 Å². The number of phenolic OH excluding ortho intramolecular Hbond substituents is 2. The third-order valence-electron chi connectivity index (χ3n) is 9.16. The van der Waals surface area contributed by atoms with Crippen molar-refractivity contribution in [3.8, 4) is 11.5 Å². The summed E-state index contributed by atoms with van der Waals surface area (Å²) in [4.78, 5) is 80.3. The smallest absolute Gasteiger partial charge is 0.242 e. The minimum Gasteiger partial charge on any atom is -0.508 e. The van der Waals surface area contributed by atoms with Gasteiger partial charge in [-0.2, -0.15) is 0 Å². The average Bonchev–Trinajstić information content (AvgIpc) is 2.95. The maximum Gasteiger partial charge on any atom is 0.242 e. The first-order valence-electron chi connectivity index (χ1n) is 13.7. The highest BCUT2D eigenvalue weighted by Crippen LogP contribution is 2.55. The highest BCUT2D eigenvalue weighted by atomic mass is 79.9. The van der Waals surface area contributed by atoms with Crippen LogP contribution in [0.3, 0.4) is 0 Å². The number of halogens is 1. The molecule has 2 aromatic rings. The number of aromatic hydroxyl groups is 2. The molecule has 0 saturated heterocycles. The second-order valence-corrected chi connectivity index (χ2v) is 12.7. The number of likely N-dealkylation sites (N-methyl/N-ethyl adjacent to an activating group) is 1. The topological polar surface area (TPSA) is 225 Å². The van der Waals surface area contributed by atoms with Gasteiger partial charge < -0.3 is 31.5 Å². The van der Waals surface area contributed by atoms with Gasteiger partial charge in [-0.3, -0.25) is 33.7 Å². The number of fused-ring (bicyclic) bond motifs is 3. The minimum atomic E-state index is -3.11. The van der Waals surface area contributed by atoms with Gasteiger partial charge in [0, 0.05) is 5.92 Å². The van der Waals surface area contributed by atoms with Gasteiger partial charge in [0.25, 0.3) is 0 Å². The molecule has 44 heavy (non-hydrogen) atoms. The summed E-state index contributed by atoms with van der Waals surface area (Å²) >= 11 is 3.26. The van der Waals surface area contributed by atoms with Crippen molar-refractivity contribution in [2.45, 2.75) is 35.4 Å². The van der Waals surface area contributed by atoms with Crippen molar-refractivity contribution < 1.29 is 49.2 Å². The lowest BCUT2D eigenvalue weighted by Gasteiger charge is -2.56. The van der Waals surface area contributed by atoms with Crippen LogP contribution in [0.2, 0.25) is 0 Å². The Morgan fingerprint density at radius 1 is 1.02 bits per heavy atom. The molecule has 9 atom stereocenters. The predicted octanol–water partition coefficient (Wildman–Crippen LogP) is 0.179. The summed E-state index contributed by atoms with van der Waals surface area (Å²) in [5.74, 6) is -15.2. The number of ketones is 4. The largest absolute Gasteiger partial charge is 0.508 e. The molecule has 2 aromatic carbocycles. The van der Waals surface area contributed by atoms with Crippen LogP contribution in [0.4, 0.5) is 5.69 Å². The van der Waals surface area contributed by atoms with Crippen LogP contribution >= 0.6 is 15.9 Å². The second-order valence-electron chi connectivity index (χ2n) is 11.7. The van der Waals surface area contributed by atoms with Crippen LogP contribution in [0, 0.1) is 23.7 Å². The molecule has 232 valence electrons. The summed E-state index contributed by atoms with van der Waals surface area (Å²) in [6.45, 7) is 1.59. The number of hydrogen-bond donors (Lipinski definition) is 6. The third kappa shape index (κ3) is 4.38. The fourth-order valence-corrected chi connectivity index (χ4v) is 7.50. The van der Waals surface area contributed by atoms with Gasteiger partial charge in [0.05, 0.1) is 35.2 Å². The van der Waals surface area contributed by atoms with E-state index in [1.807, 2.05) is 0 Å². The molecule has 2 amide bonds. The maximum absolute atomic E-state index is 14.1. The number of alkyl halides is 1. The molecular formula is C30H30BrN3O10. The molecule has 7 unspecified atom stereocenters. The fourth-order valence-electron chi connectivity index (χ4n) is 7.08. The highest BCUT2D eigenvalue weighted by Gasteiger charge is 2.72. The van der Waals surface area contributed by atoms with Crippen molar-refractivity contribution in [2.75, 3.05) is 19.4 Å². The van der Waals surface area contributed by atoms with E-state index in [1.54, 1.807) is 6.92 Å².